The van der Waals surface area contributed by atoms with Crippen LogP contribution in [0.2, 0.25) is 0 Å². The van der Waals surface area contributed by atoms with Crippen LogP contribution in [-0.2, 0) is 0 Å². The van der Waals surface area contributed by atoms with Crippen LogP contribution in [0, 0.1) is 12.3 Å². The maximum Gasteiger partial charge on any atom is 0.0123 e. The molecule has 2 aromatic rings. The van der Waals surface area contributed by atoms with Crippen LogP contribution in [0.25, 0.3) is 0 Å². The van der Waals surface area contributed by atoms with Crippen molar-refractivity contribution >= 4 is 0 Å². The largest absolute Gasteiger partial charge is 0.0654 e. The molecule has 0 aliphatic rings. The van der Waals surface area contributed by atoms with E-state index >= 15 is 0 Å². The number of unbranched alkanes of at least 4 members (excludes halogenated alkanes) is 21. The summed E-state index contributed by atoms with van der Waals surface area (Å²) in [5.41, 5.74) is 2.82. The summed E-state index contributed by atoms with van der Waals surface area (Å²) in [5, 5.41) is 0. The molecule has 0 saturated carbocycles. The molecule has 0 fully saturated rings. The Morgan fingerprint density at radius 1 is 0.425 bits per heavy atom. The second-order valence-corrected chi connectivity index (χ2v) is 12.7. The lowest BCUT2D eigenvalue weighted by molar-refractivity contribution is 0.499. The molecule has 2 rings (SSSR count). The first-order valence-corrected chi connectivity index (χ1v) is 17.8. The minimum Gasteiger partial charge on any atom is -0.0654 e. The molecule has 0 bridgehead atoms. The van der Waals surface area contributed by atoms with Gasteiger partial charge in [0.2, 0.25) is 0 Å². The highest BCUT2D eigenvalue weighted by Gasteiger charge is 2.17. The van der Waals surface area contributed by atoms with Crippen molar-refractivity contribution in [1.82, 2.24) is 0 Å². The molecule has 40 heavy (non-hydrogen) atoms. The van der Waals surface area contributed by atoms with Gasteiger partial charge in [-0.1, -0.05) is 222 Å². The van der Waals surface area contributed by atoms with Crippen molar-refractivity contribution < 1.29 is 0 Å². The van der Waals surface area contributed by atoms with Crippen molar-refractivity contribution in [1.29, 1.82) is 0 Å². The molecule has 1 unspecified atom stereocenters. The van der Waals surface area contributed by atoms with E-state index in [0.717, 1.165) is 0 Å². The fourth-order valence-electron chi connectivity index (χ4n) is 6.24. The summed E-state index contributed by atoms with van der Waals surface area (Å²) in [6.07, 6.45) is 35.9. The lowest BCUT2D eigenvalue weighted by Gasteiger charge is -2.22. The minimum absolute atomic E-state index is 0.400. The van der Waals surface area contributed by atoms with E-state index in [2.05, 4.69) is 80.9 Å². The van der Waals surface area contributed by atoms with Gasteiger partial charge in [-0.05, 0) is 23.5 Å². The van der Waals surface area contributed by atoms with Gasteiger partial charge in [-0.2, -0.15) is 0 Å². The van der Waals surface area contributed by atoms with Crippen LogP contribution in [0.5, 0.6) is 0 Å². The topological polar surface area (TPSA) is 0 Å². The molecular weight excluding hydrogens is 480 g/mol. The van der Waals surface area contributed by atoms with Crippen LogP contribution in [0.4, 0.5) is 0 Å². The lowest BCUT2D eigenvalue weighted by atomic mass is 9.82. The molecule has 0 amide bonds. The summed E-state index contributed by atoms with van der Waals surface area (Å²) in [5.74, 6) is 1.05. The molecule has 0 aliphatic carbocycles. The quantitative estimate of drug-likeness (QED) is 0.0979. The molecule has 225 valence electrons. The van der Waals surface area contributed by atoms with Crippen molar-refractivity contribution in [3.63, 3.8) is 0 Å². The van der Waals surface area contributed by atoms with Gasteiger partial charge in [0.25, 0.3) is 0 Å². The van der Waals surface area contributed by atoms with Gasteiger partial charge in [-0.15, -0.1) is 0 Å². The van der Waals surface area contributed by atoms with Crippen molar-refractivity contribution in [2.24, 2.45) is 5.92 Å². The summed E-state index contributed by atoms with van der Waals surface area (Å²) in [7, 11) is 0. The third-order valence-corrected chi connectivity index (χ3v) is 8.85. The van der Waals surface area contributed by atoms with Gasteiger partial charge in [0.1, 0.15) is 0 Å². The predicted molar refractivity (Wildman–Crippen MR) is 180 cm³/mol. The Labute approximate surface area is 251 Å². The minimum atomic E-state index is 0.400. The van der Waals surface area contributed by atoms with Crippen molar-refractivity contribution in [3.8, 4) is 0 Å². The van der Waals surface area contributed by atoms with Gasteiger partial charge in [0.05, 0.1) is 0 Å². The zero-order valence-corrected chi connectivity index (χ0v) is 26.8. The second kappa shape index (κ2) is 25.2. The predicted octanol–water partition coefficient (Wildman–Crippen LogP) is 13.7. The van der Waals surface area contributed by atoms with Gasteiger partial charge in [0.15, 0.2) is 0 Å². The summed E-state index contributed by atoms with van der Waals surface area (Å²) in [6.45, 7) is 4.72. The standard InChI is InChI=1S/C40H65/c1-3-4-5-6-7-8-9-10-11-12-13-14-15-16-17-18-19-20-21-22-23-26-31-37(2)36-40(38-32-27-24-28-33-38)39-34-29-25-30-35-39/h24-25,27-30,32-37,40H,3-23,26,31H2,1-2H3. The maximum atomic E-state index is 2.59. The Hall–Kier alpha value is -1.56. The molecule has 0 aliphatic heterocycles. The number of rotatable bonds is 27. The molecule has 0 heterocycles. The second-order valence-electron chi connectivity index (χ2n) is 12.7. The first-order valence-electron chi connectivity index (χ1n) is 17.8. The van der Waals surface area contributed by atoms with Crippen molar-refractivity contribution in [2.45, 2.75) is 167 Å². The summed E-state index contributed by atoms with van der Waals surface area (Å²) >= 11 is 0. The first-order chi connectivity index (χ1) is 19.8. The van der Waals surface area contributed by atoms with E-state index in [-0.39, 0.29) is 0 Å². The van der Waals surface area contributed by atoms with Crippen LogP contribution < -0.4 is 0 Å². The van der Waals surface area contributed by atoms with E-state index in [1.165, 1.54) is 159 Å². The van der Waals surface area contributed by atoms with Crippen LogP contribution in [0.1, 0.15) is 179 Å². The molecule has 0 nitrogen and oxygen atoms in total. The highest BCUT2D eigenvalue weighted by Crippen LogP contribution is 2.31. The smallest absolute Gasteiger partial charge is 0.0123 e. The van der Waals surface area contributed by atoms with Gasteiger partial charge in [-0.25, -0.2) is 0 Å². The highest BCUT2D eigenvalue weighted by molar-refractivity contribution is 5.35. The first kappa shape index (κ1) is 34.6. The number of hydrogen-bond acceptors (Lipinski definition) is 0. The van der Waals surface area contributed by atoms with Crippen molar-refractivity contribution in [2.75, 3.05) is 0 Å². The van der Waals surface area contributed by atoms with E-state index in [1.54, 1.807) is 0 Å². The Morgan fingerprint density at radius 2 is 0.725 bits per heavy atom. The lowest BCUT2D eigenvalue weighted by Crippen LogP contribution is -2.08. The fourth-order valence-corrected chi connectivity index (χ4v) is 6.24. The molecule has 0 aromatic heterocycles. The summed E-state index contributed by atoms with van der Waals surface area (Å²) < 4.78 is 0. The van der Waals surface area contributed by atoms with Crippen LogP contribution in [-0.4, -0.2) is 0 Å². The van der Waals surface area contributed by atoms with Crippen molar-refractivity contribution in [3.05, 3.63) is 78.2 Å². The SMILES string of the molecule is CCCCCCCCCCCCCCCCCCCCCCCCC(C)[CH]C(c1ccccc1)c1ccccc1. The number of benzene rings is 2. The molecule has 0 spiro atoms. The van der Waals surface area contributed by atoms with E-state index < -0.39 is 0 Å². The highest BCUT2D eigenvalue weighted by atomic mass is 14.2. The zero-order chi connectivity index (χ0) is 28.4. The van der Waals surface area contributed by atoms with Gasteiger partial charge in [0, 0.05) is 5.92 Å². The van der Waals surface area contributed by atoms with Gasteiger partial charge in [-0.3, -0.25) is 0 Å². The maximum absolute atomic E-state index is 2.59. The van der Waals surface area contributed by atoms with E-state index in [0.29, 0.717) is 11.8 Å². The molecule has 2 aromatic carbocycles. The Bertz CT molecular complexity index is 724. The average molecular weight is 546 g/mol. The van der Waals surface area contributed by atoms with Crippen LogP contribution >= 0.6 is 0 Å². The molecule has 1 atom stereocenters. The average Bonchev–Trinajstić information content (AvgIpc) is 2.99. The van der Waals surface area contributed by atoms with E-state index in [4.69, 9.17) is 0 Å². The molecule has 1 radical (unpaired) electrons. The van der Waals surface area contributed by atoms with Gasteiger partial charge < -0.3 is 0 Å². The van der Waals surface area contributed by atoms with E-state index in [9.17, 15) is 0 Å². The fraction of sp³-hybridized carbons (Fsp3) is 0.675. The summed E-state index contributed by atoms with van der Waals surface area (Å²) in [6, 6.07) is 22.0. The molecule has 0 saturated heterocycles. The summed E-state index contributed by atoms with van der Waals surface area (Å²) in [4.78, 5) is 0. The third kappa shape index (κ3) is 18.0. The normalized spacial score (nSPS) is 12.3. The molecular formula is C40H65. The van der Waals surface area contributed by atoms with E-state index in [1.807, 2.05) is 0 Å². The molecule has 0 N–H and O–H groups in total. The van der Waals surface area contributed by atoms with Gasteiger partial charge >= 0.3 is 0 Å². The van der Waals surface area contributed by atoms with Crippen LogP contribution in [0.15, 0.2) is 60.7 Å². The zero-order valence-electron chi connectivity index (χ0n) is 26.8. The number of hydrogen-bond donors (Lipinski definition) is 0. The third-order valence-electron chi connectivity index (χ3n) is 8.85. The van der Waals surface area contributed by atoms with Crippen LogP contribution in [0.3, 0.4) is 0 Å². The monoisotopic (exact) mass is 546 g/mol. The molecule has 0 heteroatoms. The Balaban J connectivity index is 1.35. The Morgan fingerprint density at radius 3 is 1.05 bits per heavy atom. The Kier molecular flexibility index (Phi) is 21.8.